The van der Waals surface area contributed by atoms with Gasteiger partial charge in [0.2, 0.25) is 5.91 Å². The third kappa shape index (κ3) is 2.76. The molecule has 0 unspecified atom stereocenters. The molecule has 5 nitrogen and oxygen atoms in total. The summed E-state index contributed by atoms with van der Waals surface area (Å²) in [6.45, 7) is 5.38. The molecule has 2 aliphatic rings. The highest BCUT2D eigenvalue weighted by Crippen LogP contribution is 2.30. The maximum atomic E-state index is 12.8. The lowest BCUT2D eigenvalue weighted by molar-refractivity contribution is -0.123. The molecule has 1 atom stereocenters. The van der Waals surface area contributed by atoms with Gasteiger partial charge < -0.3 is 4.90 Å². The minimum Gasteiger partial charge on any atom is -0.304 e. The molecule has 0 aromatic heterocycles. The lowest BCUT2D eigenvalue weighted by Crippen LogP contribution is -2.51. The Bertz CT molecular complexity index is 611. The van der Waals surface area contributed by atoms with Crippen LogP contribution in [0.3, 0.4) is 0 Å². The van der Waals surface area contributed by atoms with Crippen LogP contribution in [0.1, 0.15) is 12.0 Å². The van der Waals surface area contributed by atoms with Crippen LogP contribution in [-0.4, -0.2) is 60.9 Å². The van der Waals surface area contributed by atoms with Gasteiger partial charge in [0.15, 0.2) is 0 Å². The zero-order valence-electron chi connectivity index (χ0n) is 12.9. The van der Waals surface area contributed by atoms with E-state index in [9.17, 15) is 9.59 Å². The molecule has 0 aliphatic carbocycles. The minimum absolute atomic E-state index is 0.125. The maximum absolute atomic E-state index is 12.8. The molecule has 0 bridgehead atoms. The van der Waals surface area contributed by atoms with Crippen molar-refractivity contribution in [1.82, 2.24) is 9.80 Å². The van der Waals surface area contributed by atoms with E-state index in [2.05, 4.69) is 16.8 Å². The third-order valence-electron chi connectivity index (χ3n) is 4.51. The van der Waals surface area contributed by atoms with Crippen molar-refractivity contribution in [2.24, 2.45) is 0 Å². The zero-order valence-corrected chi connectivity index (χ0v) is 13.6. The molecule has 1 aromatic carbocycles. The number of halogens is 1. The van der Waals surface area contributed by atoms with Crippen molar-refractivity contribution in [3.05, 3.63) is 28.8 Å². The third-order valence-corrected chi connectivity index (χ3v) is 4.75. The number of aryl methyl sites for hydroxylation is 1. The average molecular weight is 322 g/mol. The van der Waals surface area contributed by atoms with Crippen LogP contribution < -0.4 is 4.90 Å². The highest BCUT2D eigenvalue weighted by Gasteiger charge is 2.43. The first-order valence-corrected chi connectivity index (χ1v) is 7.90. The number of likely N-dealkylation sites (N-methyl/N-ethyl adjacent to an activating group) is 1. The van der Waals surface area contributed by atoms with Crippen LogP contribution in [0.4, 0.5) is 5.69 Å². The molecule has 0 N–H and O–H groups in total. The van der Waals surface area contributed by atoms with Gasteiger partial charge in [0.1, 0.15) is 0 Å². The summed E-state index contributed by atoms with van der Waals surface area (Å²) in [5.41, 5.74) is 1.49. The molecule has 2 fully saturated rings. The van der Waals surface area contributed by atoms with Crippen LogP contribution in [0.25, 0.3) is 0 Å². The Labute approximate surface area is 135 Å². The quantitative estimate of drug-likeness (QED) is 0.775. The number of benzene rings is 1. The van der Waals surface area contributed by atoms with Crippen molar-refractivity contribution in [1.29, 1.82) is 0 Å². The maximum Gasteiger partial charge on any atom is 0.251 e. The molecule has 118 valence electrons. The topological polar surface area (TPSA) is 43.9 Å². The van der Waals surface area contributed by atoms with Gasteiger partial charge in [-0.3, -0.25) is 14.5 Å². The number of imide groups is 1. The molecule has 0 spiro atoms. The van der Waals surface area contributed by atoms with Gasteiger partial charge in [-0.05, 0) is 31.7 Å². The number of amides is 2. The first-order valence-electron chi connectivity index (χ1n) is 7.53. The highest BCUT2D eigenvalue weighted by molar-refractivity contribution is 6.31. The fraction of sp³-hybridized carbons (Fsp3) is 0.500. The Morgan fingerprint density at radius 2 is 1.82 bits per heavy atom. The van der Waals surface area contributed by atoms with Gasteiger partial charge in [-0.1, -0.05) is 17.7 Å². The monoisotopic (exact) mass is 321 g/mol. The van der Waals surface area contributed by atoms with Gasteiger partial charge in [0.05, 0.1) is 18.2 Å². The number of piperazine rings is 1. The van der Waals surface area contributed by atoms with E-state index < -0.39 is 0 Å². The summed E-state index contributed by atoms with van der Waals surface area (Å²) in [4.78, 5) is 30.8. The Hall–Kier alpha value is -1.43. The summed E-state index contributed by atoms with van der Waals surface area (Å²) in [6.07, 6.45) is 0.258. The fourth-order valence-corrected chi connectivity index (χ4v) is 3.28. The molecule has 2 aliphatic heterocycles. The number of carbonyl (C=O) groups excluding carboxylic acids is 2. The summed E-state index contributed by atoms with van der Waals surface area (Å²) in [7, 11) is 2.07. The van der Waals surface area contributed by atoms with Crippen molar-refractivity contribution < 1.29 is 9.59 Å². The van der Waals surface area contributed by atoms with Gasteiger partial charge >= 0.3 is 0 Å². The number of hydrogen-bond acceptors (Lipinski definition) is 4. The van der Waals surface area contributed by atoms with E-state index in [0.717, 1.165) is 31.7 Å². The molecule has 2 saturated heterocycles. The van der Waals surface area contributed by atoms with Crippen LogP contribution in [0.5, 0.6) is 0 Å². The number of rotatable bonds is 2. The second-order valence-electron chi connectivity index (χ2n) is 6.06. The molecule has 0 saturated carbocycles. The molecule has 2 heterocycles. The summed E-state index contributed by atoms with van der Waals surface area (Å²) >= 11 is 6.03. The largest absolute Gasteiger partial charge is 0.304 e. The van der Waals surface area contributed by atoms with Gasteiger partial charge in [-0.25, -0.2) is 4.90 Å². The molecular formula is C16H20ClN3O2. The molecule has 2 amide bonds. The van der Waals surface area contributed by atoms with E-state index in [1.54, 1.807) is 12.1 Å². The molecule has 22 heavy (non-hydrogen) atoms. The molecule has 0 radical (unpaired) electrons. The van der Waals surface area contributed by atoms with Crippen molar-refractivity contribution in [3.8, 4) is 0 Å². The zero-order chi connectivity index (χ0) is 15.9. The number of carbonyl (C=O) groups is 2. The van der Waals surface area contributed by atoms with Crippen molar-refractivity contribution >= 4 is 29.1 Å². The minimum atomic E-state index is -0.334. The average Bonchev–Trinajstić information content (AvgIpc) is 2.78. The number of hydrogen-bond donors (Lipinski definition) is 0. The van der Waals surface area contributed by atoms with Gasteiger partial charge in [0, 0.05) is 31.2 Å². The highest BCUT2D eigenvalue weighted by atomic mass is 35.5. The Morgan fingerprint density at radius 3 is 2.50 bits per heavy atom. The molecular weight excluding hydrogens is 302 g/mol. The van der Waals surface area contributed by atoms with Crippen molar-refractivity contribution in [3.63, 3.8) is 0 Å². The van der Waals surface area contributed by atoms with Crippen molar-refractivity contribution in [2.45, 2.75) is 19.4 Å². The van der Waals surface area contributed by atoms with E-state index in [-0.39, 0.29) is 24.3 Å². The van der Waals surface area contributed by atoms with E-state index in [4.69, 9.17) is 11.6 Å². The summed E-state index contributed by atoms with van der Waals surface area (Å²) in [6, 6.07) is 4.96. The van der Waals surface area contributed by atoms with Gasteiger partial charge in [0.25, 0.3) is 5.91 Å². The van der Waals surface area contributed by atoms with E-state index in [1.165, 1.54) is 4.90 Å². The summed E-state index contributed by atoms with van der Waals surface area (Å²) in [5, 5.41) is 0.532. The lowest BCUT2D eigenvalue weighted by Gasteiger charge is -2.35. The van der Waals surface area contributed by atoms with Crippen LogP contribution in [0, 0.1) is 6.92 Å². The Kier molecular flexibility index (Phi) is 4.21. The van der Waals surface area contributed by atoms with Crippen molar-refractivity contribution in [2.75, 3.05) is 38.1 Å². The van der Waals surface area contributed by atoms with Crippen LogP contribution in [0.2, 0.25) is 5.02 Å². The van der Waals surface area contributed by atoms with E-state index in [1.807, 2.05) is 13.0 Å². The number of anilines is 1. The first-order chi connectivity index (χ1) is 10.5. The van der Waals surface area contributed by atoms with Crippen LogP contribution in [-0.2, 0) is 9.59 Å². The smallest absolute Gasteiger partial charge is 0.251 e. The predicted molar refractivity (Wildman–Crippen MR) is 86.2 cm³/mol. The van der Waals surface area contributed by atoms with Gasteiger partial charge in [-0.2, -0.15) is 0 Å². The number of nitrogens with zero attached hydrogens (tertiary/aromatic N) is 3. The summed E-state index contributed by atoms with van der Waals surface area (Å²) < 4.78 is 0. The summed E-state index contributed by atoms with van der Waals surface area (Å²) in [5.74, 6) is -0.265. The standard InChI is InChI=1S/C16H20ClN3O2/c1-11-3-4-12(17)9-13(11)20-15(21)10-14(16(20)22)19-7-5-18(2)6-8-19/h3-4,9,14H,5-8,10H2,1-2H3/t14-/m1/s1. The second kappa shape index (κ2) is 5.99. The SMILES string of the molecule is Cc1ccc(Cl)cc1N1C(=O)C[C@@H](N2CCN(C)CC2)C1=O. The molecule has 1 aromatic rings. The van der Waals surface area contributed by atoms with Crippen LogP contribution in [0.15, 0.2) is 18.2 Å². The molecule has 3 rings (SSSR count). The Balaban J connectivity index is 1.84. The molecule has 6 heteroatoms. The second-order valence-corrected chi connectivity index (χ2v) is 6.49. The lowest BCUT2D eigenvalue weighted by atomic mass is 10.1. The van der Waals surface area contributed by atoms with Crippen LogP contribution >= 0.6 is 11.6 Å². The van der Waals surface area contributed by atoms with E-state index >= 15 is 0 Å². The fourth-order valence-electron chi connectivity index (χ4n) is 3.11. The Morgan fingerprint density at radius 1 is 1.14 bits per heavy atom. The van der Waals surface area contributed by atoms with E-state index in [0.29, 0.717) is 10.7 Å². The predicted octanol–water partition coefficient (Wildman–Crippen LogP) is 1.53. The first kappa shape index (κ1) is 15.5. The normalized spacial score (nSPS) is 24.3. The van der Waals surface area contributed by atoms with Gasteiger partial charge in [-0.15, -0.1) is 0 Å².